The molecule has 0 saturated heterocycles. The second-order valence-corrected chi connectivity index (χ2v) is 8.79. The molecule has 2 N–H and O–H groups in total. The van der Waals surface area contributed by atoms with Crippen LogP contribution in [0.3, 0.4) is 0 Å². The van der Waals surface area contributed by atoms with E-state index >= 15 is 0 Å². The molecule has 0 unspecified atom stereocenters. The van der Waals surface area contributed by atoms with Crippen molar-refractivity contribution in [1.82, 2.24) is 0 Å². The van der Waals surface area contributed by atoms with Crippen LogP contribution >= 0.6 is 0 Å². The van der Waals surface area contributed by atoms with Gasteiger partial charge in [0.25, 0.3) is 5.91 Å². The summed E-state index contributed by atoms with van der Waals surface area (Å²) in [5.74, 6) is 0.358. The standard InChI is InChI=1S/C23H23NO6S/c1-14-13-20(24-23(26)16-5-7-17(29-3)8-6-16)15(2)22(21(14)25)31(27,28)19-11-9-18(30-4)10-12-19/h5-13,25H,1-4H3,(H,24,26). The zero-order valence-electron chi connectivity index (χ0n) is 17.6. The quantitative estimate of drug-likeness (QED) is 0.558. The van der Waals surface area contributed by atoms with Crippen LogP contribution in [0.1, 0.15) is 21.5 Å². The van der Waals surface area contributed by atoms with Crippen molar-refractivity contribution in [2.24, 2.45) is 0 Å². The van der Waals surface area contributed by atoms with Crippen LogP contribution in [0.5, 0.6) is 17.2 Å². The molecule has 0 aliphatic rings. The van der Waals surface area contributed by atoms with E-state index in [2.05, 4.69) is 5.32 Å². The Labute approximate surface area is 181 Å². The van der Waals surface area contributed by atoms with Crippen LogP contribution in [-0.4, -0.2) is 33.7 Å². The van der Waals surface area contributed by atoms with Gasteiger partial charge in [0, 0.05) is 11.3 Å². The molecule has 31 heavy (non-hydrogen) atoms. The lowest BCUT2D eigenvalue weighted by Crippen LogP contribution is -2.15. The molecule has 0 heterocycles. The highest BCUT2D eigenvalue weighted by molar-refractivity contribution is 7.91. The lowest BCUT2D eigenvalue weighted by atomic mass is 10.1. The Morgan fingerprint density at radius 2 is 1.42 bits per heavy atom. The first kappa shape index (κ1) is 22.2. The van der Waals surface area contributed by atoms with Crippen LogP contribution in [0.4, 0.5) is 5.69 Å². The number of hydrogen-bond acceptors (Lipinski definition) is 6. The van der Waals surface area contributed by atoms with Crippen molar-refractivity contribution >= 4 is 21.4 Å². The molecule has 0 aliphatic heterocycles. The molecule has 3 aromatic carbocycles. The fraction of sp³-hybridized carbons (Fsp3) is 0.174. The topological polar surface area (TPSA) is 102 Å². The fourth-order valence-electron chi connectivity index (χ4n) is 3.14. The van der Waals surface area contributed by atoms with Gasteiger partial charge in [-0.2, -0.15) is 0 Å². The molecule has 0 aliphatic carbocycles. The molecule has 0 bridgehead atoms. The zero-order chi connectivity index (χ0) is 22.8. The number of amides is 1. The summed E-state index contributed by atoms with van der Waals surface area (Å²) in [6, 6.07) is 13.9. The summed E-state index contributed by atoms with van der Waals surface area (Å²) >= 11 is 0. The number of nitrogens with one attached hydrogen (secondary N) is 1. The Morgan fingerprint density at radius 1 is 0.903 bits per heavy atom. The normalized spacial score (nSPS) is 11.1. The summed E-state index contributed by atoms with van der Waals surface area (Å²) in [7, 11) is -1.04. The Hall–Kier alpha value is -3.52. The Morgan fingerprint density at radius 3 is 1.94 bits per heavy atom. The van der Waals surface area contributed by atoms with Gasteiger partial charge in [0.05, 0.1) is 19.1 Å². The molecule has 7 nitrogen and oxygen atoms in total. The summed E-state index contributed by atoms with van der Waals surface area (Å²) in [5.41, 5.74) is 1.23. The summed E-state index contributed by atoms with van der Waals surface area (Å²) < 4.78 is 36.7. The molecule has 0 fully saturated rings. The maximum Gasteiger partial charge on any atom is 0.255 e. The van der Waals surface area contributed by atoms with Crippen molar-refractivity contribution in [2.75, 3.05) is 19.5 Å². The van der Waals surface area contributed by atoms with Crippen LogP contribution in [-0.2, 0) is 9.84 Å². The predicted molar refractivity (Wildman–Crippen MR) is 117 cm³/mol. The lowest BCUT2D eigenvalue weighted by molar-refractivity contribution is 0.102. The monoisotopic (exact) mass is 441 g/mol. The van der Waals surface area contributed by atoms with Gasteiger partial charge in [-0.1, -0.05) is 0 Å². The molecule has 162 valence electrons. The number of anilines is 1. The number of aromatic hydroxyl groups is 1. The van der Waals surface area contributed by atoms with Crippen LogP contribution in [0, 0.1) is 13.8 Å². The smallest absolute Gasteiger partial charge is 0.255 e. The molecular weight excluding hydrogens is 418 g/mol. The third-order valence-electron chi connectivity index (χ3n) is 4.93. The van der Waals surface area contributed by atoms with E-state index in [1.54, 1.807) is 44.2 Å². The Kier molecular flexibility index (Phi) is 6.21. The molecule has 3 rings (SSSR count). The van der Waals surface area contributed by atoms with Crippen LogP contribution in [0.2, 0.25) is 0 Å². The number of carbonyl (C=O) groups is 1. The van der Waals surface area contributed by atoms with Crippen molar-refractivity contribution in [2.45, 2.75) is 23.6 Å². The van der Waals surface area contributed by atoms with Crippen LogP contribution < -0.4 is 14.8 Å². The number of sulfone groups is 1. The van der Waals surface area contributed by atoms with Crippen molar-refractivity contribution in [1.29, 1.82) is 0 Å². The van der Waals surface area contributed by atoms with E-state index in [4.69, 9.17) is 9.47 Å². The second-order valence-electron chi connectivity index (χ2n) is 6.91. The van der Waals surface area contributed by atoms with Gasteiger partial charge in [0.2, 0.25) is 9.84 Å². The Balaban J connectivity index is 2.03. The number of ether oxygens (including phenoxy) is 2. The molecular formula is C23H23NO6S. The lowest BCUT2D eigenvalue weighted by Gasteiger charge is -2.17. The second kappa shape index (κ2) is 8.69. The van der Waals surface area contributed by atoms with Crippen molar-refractivity contribution in [3.05, 3.63) is 71.3 Å². The number of carbonyl (C=O) groups excluding carboxylic acids is 1. The van der Waals surface area contributed by atoms with E-state index in [1.165, 1.54) is 38.5 Å². The number of hydrogen-bond donors (Lipinski definition) is 2. The molecule has 0 spiro atoms. The number of methoxy groups -OCH3 is 2. The maximum absolute atomic E-state index is 13.3. The number of phenols is 1. The van der Waals surface area contributed by atoms with E-state index in [0.29, 0.717) is 28.3 Å². The van der Waals surface area contributed by atoms with E-state index in [-0.39, 0.29) is 21.1 Å². The van der Waals surface area contributed by atoms with Crippen molar-refractivity contribution < 1.29 is 27.8 Å². The molecule has 8 heteroatoms. The van der Waals surface area contributed by atoms with Crippen molar-refractivity contribution in [3.8, 4) is 17.2 Å². The predicted octanol–water partition coefficient (Wildman–Crippen LogP) is 4.11. The highest BCUT2D eigenvalue weighted by Gasteiger charge is 2.27. The first-order valence-corrected chi connectivity index (χ1v) is 10.8. The third-order valence-corrected chi connectivity index (χ3v) is 6.86. The number of phenolic OH excluding ortho intramolecular Hbond substituents is 1. The molecule has 0 radical (unpaired) electrons. The van der Waals surface area contributed by atoms with Gasteiger partial charge in [-0.15, -0.1) is 0 Å². The minimum absolute atomic E-state index is 0.00438. The highest BCUT2D eigenvalue weighted by Crippen LogP contribution is 2.38. The summed E-state index contributed by atoms with van der Waals surface area (Å²) in [5, 5.41) is 13.3. The molecule has 0 aromatic heterocycles. The molecule has 1 amide bonds. The molecule has 0 saturated carbocycles. The van der Waals surface area contributed by atoms with Gasteiger partial charge in [0.1, 0.15) is 22.1 Å². The SMILES string of the molecule is COc1ccc(C(=O)Nc2cc(C)c(O)c(S(=O)(=O)c3ccc(OC)cc3)c2C)cc1. The minimum atomic E-state index is -4.05. The van der Waals surface area contributed by atoms with Gasteiger partial charge in [-0.3, -0.25) is 4.79 Å². The largest absolute Gasteiger partial charge is 0.506 e. The van der Waals surface area contributed by atoms with Crippen LogP contribution in [0.15, 0.2) is 64.4 Å². The van der Waals surface area contributed by atoms with Gasteiger partial charge in [-0.25, -0.2) is 8.42 Å². The number of aryl methyl sites for hydroxylation is 1. The third kappa shape index (κ3) is 4.34. The fourth-order valence-corrected chi connectivity index (χ4v) is 4.80. The summed E-state index contributed by atoms with van der Waals surface area (Å²) in [4.78, 5) is 12.4. The minimum Gasteiger partial charge on any atom is -0.506 e. The van der Waals surface area contributed by atoms with E-state index in [1.807, 2.05) is 0 Å². The van der Waals surface area contributed by atoms with E-state index in [0.717, 1.165) is 0 Å². The van der Waals surface area contributed by atoms with E-state index in [9.17, 15) is 18.3 Å². The first-order valence-electron chi connectivity index (χ1n) is 9.36. The maximum atomic E-state index is 13.3. The zero-order valence-corrected chi connectivity index (χ0v) is 18.4. The van der Waals surface area contributed by atoms with E-state index < -0.39 is 15.7 Å². The van der Waals surface area contributed by atoms with Gasteiger partial charge in [-0.05, 0) is 79.6 Å². The van der Waals surface area contributed by atoms with Crippen molar-refractivity contribution in [3.63, 3.8) is 0 Å². The summed E-state index contributed by atoms with van der Waals surface area (Å²) in [6.07, 6.45) is 0. The number of rotatable bonds is 6. The Bertz CT molecular complexity index is 1220. The van der Waals surface area contributed by atoms with Gasteiger partial charge < -0.3 is 19.9 Å². The highest BCUT2D eigenvalue weighted by atomic mass is 32.2. The number of benzene rings is 3. The average Bonchev–Trinajstić information content (AvgIpc) is 2.77. The van der Waals surface area contributed by atoms with Gasteiger partial charge in [0.15, 0.2) is 0 Å². The molecule has 3 aromatic rings. The summed E-state index contributed by atoms with van der Waals surface area (Å²) in [6.45, 7) is 3.12. The van der Waals surface area contributed by atoms with Gasteiger partial charge >= 0.3 is 0 Å². The molecule has 0 atom stereocenters. The first-order chi connectivity index (χ1) is 14.7. The van der Waals surface area contributed by atoms with Crippen LogP contribution in [0.25, 0.3) is 0 Å². The average molecular weight is 442 g/mol.